The van der Waals surface area contributed by atoms with Gasteiger partial charge >= 0.3 is 18.9 Å². The highest BCUT2D eigenvalue weighted by atomic mass is 16.5. The Labute approximate surface area is 144 Å². The van der Waals surface area contributed by atoms with Crippen LogP contribution in [-0.4, -0.2) is 54.2 Å². The van der Waals surface area contributed by atoms with Crippen molar-refractivity contribution < 1.29 is 28.8 Å². The molecule has 1 aromatic carbocycles. The van der Waals surface area contributed by atoms with Crippen molar-refractivity contribution in [1.29, 1.82) is 0 Å². The number of benzene rings is 1. The molecule has 2 aromatic rings. The Hall–Kier alpha value is -2.36. The molecule has 1 fully saturated rings. The Morgan fingerprint density at radius 2 is 2.08 bits per heavy atom. The Kier molecular flexibility index (Phi) is 5.37. The molecule has 0 bridgehead atoms. The number of hydrogen-bond donors (Lipinski definition) is 4. The molecule has 2 atom stereocenters. The zero-order valence-electron chi connectivity index (χ0n) is 13.5. The van der Waals surface area contributed by atoms with Gasteiger partial charge < -0.3 is 29.8 Å². The molecule has 0 radical (unpaired) electrons. The minimum atomic E-state index is -1.82. The van der Waals surface area contributed by atoms with Gasteiger partial charge in [0.15, 0.2) is 0 Å². The average molecular weight is 346 g/mol. The summed E-state index contributed by atoms with van der Waals surface area (Å²) < 4.78 is 10.5. The summed E-state index contributed by atoms with van der Waals surface area (Å²) >= 11 is 0. The smallest absolute Gasteiger partial charge is 0.464 e. The zero-order chi connectivity index (χ0) is 17.8. The minimum absolute atomic E-state index is 0.111. The standard InChI is InChI=1S/C16H19BN2O6/c20-15(18-11-5-6-24-9-11)16(21)19-14(17(22)23)7-10-8-25-13-4-2-1-3-12(10)13/h1-4,8,11,14,22-23H,5-7,9H2,(H,18,20)(H,19,21)/t11-,14-/m0/s1. The first-order valence-corrected chi connectivity index (χ1v) is 8.05. The highest BCUT2D eigenvalue weighted by Crippen LogP contribution is 2.22. The van der Waals surface area contributed by atoms with Gasteiger partial charge in [0.1, 0.15) is 5.58 Å². The van der Waals surface area contributed by atoms with Crippen LogP contribution in [0.1, 0.15) is 12.0 Å². The Morgan fingerprint density at radius 1 is 1.28 bits per heavy atom. The third-order valence-corrected chi connectivity index (χ3v) is 4.15. The lowest BCUT2D eigenvalue weighted by Gasteiger charge is -2.18. The quantitative estimate of drug-likeness (QED) is 0.423. The van der Waals surface area contributed by atoms with Crippen LogP contribution < -0.4 is 10.6 Å². The van der Waals surface area contributed by atoms with Gasteiger partial charge in [-0.3, -0.25) is 9.59 Å². The average Bonchev–Trinajstić information content (AvgIpc) is 3.24. The first-order valence-electron chi connectivity index (χ1n) is 8.05. The summed E-state index contributed by atoms with van der Waals surface area (Å²) in [4.78, 5) is 23.9. The molecule has 0 spiro atoms. The van der Waals surface area contributed by atoms with Crippen LogP contribution in [0, 0.1) is 0 Å². The van der Waals surface area contributed by atoms with E-state index in [4.69, 9.17) is 9.15 Å². The number of nitrogens with one attached hydrogen (secondary N) is 2. The molecule has 2 amide bonds. The van der Waals surface area contributed by atoms with E-state index in [1.165, 1.54) is 6.26 Å². The Morgan fingerprint density at radius 3 is 2.80 bits per heavy atom. The van der Waals surface area contributed by atoms with Crippen molar-refractivity contribution in [1.82, 2.24) is 10.6 Å². The van der Waals surface area contributed by atoms with Crippen molar-refractivity contribution in [3.63, 3.8) is 0 Å². The first kappa shape index (κ1) is 17.5. The predicted molar refractivity (Wildman–Crippen MR) is 89.4 cm³/mol. The first-order chi connectivity index (χ1) is 12.0. The maximum Gasteiger partial charge on any atom is 0.475 e. The highest BCUT2D eigenvalue weighted by Gasteiger charge is 2.30. The zero-order valence-corrected chi connectivity index (χ0v) is 13.5. The van der Waals surface area contributed by atoms with Gasteiger partial charge in [0.2, 0.25) is 0 Å². The van der Waals surface area contributed by atoms with E-state index >= 15 is 0 Å². The third kappa shape index (κ3) is 4.19. The van der Waals surface area contributed by atoms with Gasteiger partial charge in [-0.1, -0.05) is 18.2 Å². The fraction of sp³-hybridized carbons (Fsp3) is 0.375. The number of furan rings is 1. The van der Waals surface area contributed by atoms with Crippen molar-refractivity contribution in [2.24, 2.45) is 0 Å². The minimum Gasteiger partial charge on any atom is -0.464 e. The van der Waals surface area contributed by atoms with E-state index in [0.29, 0.717) is 30.8 Å². The lowest BCUT2D eigenvalue weighted by molar-refractivity contribution is -0.139. The van der Waals surface area contributed by atoms with Gasteiger partial charge in [0.25, 0.3) is 0 Å². The number of carbonyl (C=O) groups is 2. The maximum absolute atomic E-state index is 12.0. The summed E-state index contributed by atoms with van der Waals surface area (Å²) in [7, 11) is -1.82. The van der Waals surface area contributed by atoms with Crippen molar-refractivity contribution in [3.8, 4) is 0 Å². The SMILES string of the molecule is O=C(N[C@H]1CCOC1)C(=O)N[C@@H](Cc1coc2ccccc12)B(O)O. The number of hydrogen-bond acceptors (Lipinski definition) is 6. The van der Waals surface area contributed by atoms with E-state index in [1.54, 1.807) is 6.07 Å². The molecule has 9 heteroatoms. The van der Waals surface area contributed by atoms with E-state index in [-0.39, 0.29) is 12.5 Å². The number of para-hydroxylation sites is 1. The van der Waals surface area contributed by atoms with Crippen LogP contribution >= 0.6 is 0 Å². The number of fused-ring (bicyclic) bond motifs is 1. The molecule has 1 aliphatic heterocycles. The van der Waals surface area contributed by atoms with Crippen LogP contribution in [0.15, 0.2) is 34.9 Å². The molecule has 0 aliphatic carbocycles. The van der Waals surface area contributed by atoms with Crippen molar-refractivity contribution in [2.75, 3.05) is 13.2 Å². The molecule has 2 heterocycles. The number of amides is 2. The summed E-state index contributed by atoms with van der Waals surface area (Å²) in [6.07, 6.45) is 2.26. The summed E-state index contributed by atoms with van der Waals surface area (Å²) in [5.41, 5.74) is 1.37. The molecular formula is C16H19BN2O6. The molecule has 0 unspecified atom stereocenters. The Balaban J connectivity index is 1.64. The van der Waals surface area contributed by atoms with Crippen LogP contribution in [-0.2, 0) is 20.7 Å². The van der Waals surface area contributed by atoms with Gasteiger partial charge in [-0.2, -0.15) is 0 Å². The normalized spacial score (nSPS) is 18.1. The topological polar surface area (TPSA) is 121 Å². The monoisotopic (exact) mass is 346 g/mol. The molecule has 1 saturated heterocycles. The van der Waals surface area contributed by atoms with E-state index in [0.717, 1.165) is 5.39 Å². The molecule has 132 valence electrons. The summed E-state index contributed by atoms with van der Waals surface area (Å²) in [5, 5.41) is 24.8. The summed E-state index contributed by atoms with van der Waals surface area (Å²) in [6.45, 7) is 0.907. The molecule has 1 aliphatic rings. The van der Waals surface area contributed by atoms with Gasteiger partial charge in [0.05, 0.1) is 24.9 Å². The van der Waals surface area contributed by atoms with Crippen LogP contribution in [0.4, 0.5) is 0 Å². The lowest BCUT2D eigenvalue weighted by Crippen LogP contribution is -2.53. The number of carbonyl (C=O) groups excluding carboxylic acids is 2. The largest absolute Gasteiger partial charge is 0.475 e. The summed E-state index contributed by atoms with van der Waals surface area (Å²) in [6, 6.07) is 7.09. The highest BCUT2D eigenvalue weighted by molar-refractivity contribution is 6.45. The van der Waals surface area contributed by atoms with Crippen molar-refractivity contribution in [3.05, 3.63) is 36.1 Å². The molecule has 1 aromatic heterocycles. The number of ether oxygens (including phenoxy) is 1. The second-order valence-electron chi connectivity index (χ2n) is 5.99. The molecule has 25 heavy (non-hydrogen) atoms. The van der Waals surface area contributed by atoms with Crippen LogP contribution in [0.2, 0.25) is 0 Å². The van der Waals surface area contributed by atoms with E-state index in [9.17, 15) is 19.6 Å². The summed E-state index contributed by atoms with van der Waals surface area (Å²) in [5.74, 6) is -2.78. The fourth-order valence-corrected chi connectivity index (χ4v) is 2.79. The predicted octanol–water partition coefficient (Wildman–Crippen LogP) is -0.623. The number of rotatable bonds is 5. The van der Waals surface area contributed by atoms with E-state index < -0.39 is 24.9 Å². The van der Waals surface area contributed by atoms with Crippen molar-refractivity contribution in [2.45, 2.75) is 24.8 Å². The van der Waals surface area contributed by atoms with Crippen molar-refractivity contribution >= 4 is 29.9 Å². The molecular weight excluding hydrogens is 327 g/mol. The van der Waals surface area contributed by atoms with Gasteiger partial charge in [-0.25, -0.2) is 0 Å². The second kappa shape index (κ2) is 7.69. The molecule has 3 rings (SSSR count). The van der Waals surface area contributed by atoms with E-state index in [1.807, 2.05) is 18.2 Å². The molecule has 0 saturated carbocycles. The molecule has 8 nitrogen and oxygen atoms in total. The second-order valence-corrected chi connectivity index (χ2v) is 5.99. The van der Waals surface area contributed by atoms with Gasteiger partial charge in [0, 0.05) is 12.0 Å². The van der Waals surface area contributed by atoms with Gasteiger partial charge in [-0.05, 0) is 24.5 Å². The lowest BCUT2D eigenvalue weighted by atomic mass is 9.76. The molecule has 4 N–H and O–H groups in total. The fourth-order valence-electron chi connectivity index (χ4n) is 2.79. The Bertz CT molecular complexity index is 756. The van der Waals surface area contributed by atoms with Crippen LogP contribution in [0.25, 0.3) is 11.0 Å². The maximum atomic E-state index is 12.0. The van der Waals surface area contributed by atoms with E-state index in [2.05, 4.69) is 10.6 Å². The van der Waals surface area contributed by atoms with Crippen LogP contribution in [0.3, 0.4) is 0 Å². The third-order valence-electron chi connectivity index (χ3n) is 4.15. The van der Waals surface area contributed by atoms with Gasteiger partial charge in [-0.15, -0.1) is 0 Å². The van der Waals surface area contributed by atoms with Crippen LogP contribution in [0.5, 0.6) is 0 Å².